The van der Waals surface area contributed by atoms with Crippen LogP contribution in [0.3, 0.4) is 0 Å². The van der Waals surface area contributed by atoms with Crippen LogP contribution < -0.4 is 5.73 Å². The summed E-state index contributed by atoms with van der Waals surface area (Å²) in [6, 6.07) is 0. The summed E-state index contributed by atoms with van der Waals surface area (Å²) in [5.41, 5.74) is 8.29. The first kappa shape index (κ1) is 13.2. The molecule has 1 aliphatic rings. The molecule has 1 heterocycles. The van der Waals surface area contributed by atoms with Gasteiger partial charge in [-0.15, -0.1) is 0 Å². The third kappa shape index (κ3) is 4.26. The summed E-state index contributed by atoms with van der Waals surface area (Å²) in [5.74, 6) is 0.335. The zero-order valence-corrected chi connectivity index (χ0v) is 10.1. The van der Waals surface area contributed by atoms with Gasteiger partial charge in [0.2, 0.25) is 0 Å². The van der Waals surface area contributed by atoms with Gasteiger partial charge in [-0.05, 0) is 24.1 Å². The second kappa shape index (κ2) is 6.68. The smallest absolute Gasteiger partial charge is 0.0979 e. The standard InChI is InChI=1S/C13H19N3O/c1-2-3-10-8-12(17)5-7-16-13(10)9-11(15)4-6-14/h4,6-8,14,17H,2-3,5,9,15H2,1H3/b11-4-,14-6?. The van der Waals surface area contributed by atoms with Crippen LogP contribution in [0.2, 0.25) is 0 Å². The van der Waals surface area contributed by atoms with E-state index in [1.165, 1.54) is 6.21 Å². The van der Waals surface area contributed by atoms with Crippen LogP contribution in [-0.4, -0.2) is 17.5 Å². The first-order valence-electron chi connectivity index (χ1n) is 5.76. The van der Waals surface area contributed by atoms with E-state index in [9.17, 15) is 5.11 Å². The second-order valence-corrected chi connectivity index (χ2v) is 3.96. The number of nitrogens with one attached hydrogen (secondary N) is 1. The number of aliphatic hydroxyl groups is 1. The maximum Gasteiger partial charge on any atom is 0.0979 e. The lowest BCUT2D eigenvalue weighted by molar-refractivity contribution is 0.405. The predicted molar refractivity (Wildman–Crippen MR) is 71.4 cm³/mol. The number of nitrogens with zero attached hydrogens (tertiary/aromatic N) is 1. The minimum atomic E-state index is 0.335. The Morgan fingerprint density at radius 2 is 2.41 bits per heavy atom. The molecule has 1 rings (SSSR count). The van der Waals surface area contributed by atoms with E-state index in [-0.39, 0.29) is 0 Å². The van der Waals surface area contributed by atoms with E-state index in [0.29, 0.717) is 24.3 Å². The molecule has 0 aromatic rings. The maximum atomic E-state index is 9.60. The lowest BCUT2D eigenvalue weighted by Gasteiger charge is -2.07. The van der Waals surface area contributed by atoms with Crippen LogP contribution in [0.4, 0.5) is 0 Å². The number of nitrogens with two attached hydrogens (primary N) is 1. The Balaban J connectivity index is 2.99. The largest absolute Gasteiger partial charge is 0.512 e. The average Bonchev–Trinajstić information content (AvgIpc) is 2.42. The summed E-state index contributed by atoms with van der Waals surface area (Å²) in [7, 11) is 0. The van der Waals surface area contributed by atoms with Gasteiger partial charge in [-0.2, -0.15) is 0 Å². The molecule has 92 valence electrons. The third-order valence-corrected chi connectivity index (χ3v) is 2.45. The normalized spacial score (nSPS) is 16.8. The minimum Gasteiger partial charge on any atom is -0.512 e. The van der Waals surface area contributed by atoms with Crippen molar-refractivity contribution in [2.24, 2.45) is 10.7 Å². The van der Waals surface area contributed by atoms with Gasteiger partial charge in [-0.3, -0.25) is 4.99 Å². The van der Waals surface area contributed by atoms with Crippen molar-refractivity contribution >= 4 is 12.4 Å². The van der Waals surface area contributed by atoms with E-state index in [1.807, 2.05) is 0 Å². The quantitative estimate of drug-likeness (QED) is 0.638. The molecule has 0 radical (unpaired) electrons. The Morgan fingerprint density at radius 1 is 1.65 bits per heavy atom. The van der Waals surface area contributed by atoms with E-state index in [4.69, 9.17) is 11.1 Å². The molecule has 0 amide bonds. The summed E-state index contributed by atoms with van der Waals surface area (Å²) in [5, 5.41) is 16.6. The highest BCUT2D eigenvalue weighted by Crippen LogP contribution is 2.22. The van der Waals surface area contributed by atoms with Crippen LogP contribution in [0, 0.1) is 5.41 Å². The Labute approximate surface area is 102 Å². The number of aliphatic imine (C=N–C) groups is 1. The van der Waals surface area contributed by atoms with Crippen molar-refractivity contribution in [1.29, 1.82) is 5.41 Å². The van der Waals surface area contributed by atoms with Crippen molar-refractivity contribution in [2.75, 3.05) is 0 Å². The summed E-state index contributed by atoms with van der Waals surface area (Å²) in [6.45, 7) is 2.08. The van der Waals surface area contributed by atoms with Crippen LogP contribution in [0.15, 0.2) is 39.9 Å². The fourth-order valence-electron chi connectivity index (χ4n) is 1.68. The van der Waals surface area contributed by atoms with Crippen molar-refractivity contribution in [1.82, 2.24) is 0 Å². The fourth-order valence-corrected chi connectivity index (χ4v) is 1.68. The van der Waals surface area contributed by atoms with Gasteiger partial charge in [0.1, 0.15) is 0 Å². The van der Waals surface area contributed by atoms with Crippen molar-refractivity contribution < 1.29 is 5.11 Å². The van der Waals surface area contributed by atoms with E-state index < -0.39 is 0 Å². The van der Waals surface area contributed by atoms with Crippen molar-refractivity contribution in [3.8, 4) is 0 Å². The summed E-state index contributed by atoms with van der Waals surface area (Å²) in [4.78, 5) is 4.34. The molecular formula is C13H19N3O. The van der Waals surface area contributed by atoms with E-state index in [0.717, 1.165) is 24.1 Å². The van der Waals surface area contributed by atoms with Crippen LogP contribution in [0.25, 0.3) is 0 Å². The molecule has 0 fully saturated rings. The summed E-state index contributed by atoms with van der Waals surface area (Å²) >= 11 is 0. The topological polar surface area (TPSA) is 82.5 Å². The lowest BCUT2D eigenvalue weighted by atomic mass is 10.0. The molecule has 0 atom stereocenters. The number of rotatable bonds is 5. The molecule has 1 aliphatic heterocycles. The minimum absolute atomic E-state index is 0.335. The molecule has 0 aromatic carbocycles. The van der Waals surface area contributed by atoms with Crippen LogP contribution in [0.1, 0.15) is 32.6 Å². The van der Waals surface area contributed by atoms with E-state index >= 15 is 0 Å². The molecule has 4 nitrogen and oxygen atoms in total. The van der Waals surface area contributed by atoms with Gasteiger partial charge < -0.3 is 16.2 Å². The van der Waals surface area contributed by atoms with Crippen LogP contribution >= 0.6 is 0 Å². The maximum absolute atomic E-state index is 9.60. The van der Waals surface area contributed by atoms with Crippen LogP contribution in [0.5, 0.6) is 0 Å². The van der Waals surface area contributed by atoms with E-state index in [2.05, 4.69) is 11.9 Å². The molecule has 0 saturated heterocycles. The Bertz CT molecular complexity index is 403. The van der Waals surface area contributed by atoms with Crippen molar-refractivity contribution in [3.05, 3.63) is 34.9 Å². The first-order valence-corrected chi connectivity index (χ1v) is 5.76. The van der Waals surface area contributed by atoms with Gasteiger partial charge >= 0.3 is 0 Å². The average molecular weight is 233 g/mol. The van der Waals surface area contributed by atoms with E-state index in [1.54, 1.807) is 18.4 Å². The monoisotopic (exact) mass is 233 g/mol. The van der Waals surface area contributed by atoms with Gasteiger partial charge in [0.25, 0.3) is 0 Å². The Hall–Kier alpha value is -1.84. The first-order chi connectivity index (χ1) is 8.17. The lowest BCUT2D eigenvalue weighted by Crippen LogP contribution is -2.00. The highest BCUT2D eigenvalue weighted by Gasteiger charge is 2.08. The second-order valence-electron chi connectivity index (χ2n) is 3.96. The molecule has 4 N–H and O–H groups in total. The number of allylic oxidation sites excluding steroid dienone is 4. The van der Waals surface area contributed by atoms with Gasteiger partial charge in [-0.25, -0.2) is 0 Å². The van der Waals surface area contributed by atoms with Gasteiger partial charge in [0.05, 0.1) is 5.76 Å². The highest BCUT2D eigenvalue weighted by atomic mass is 16.3. The number of aliphatic hydroxyl groups excluding tert-OH is 1. The van der Waals surface area contributed by atoms with Gasteiger partial charge in [0, 0.05) is 36.7 Å². The molecule has 0 aliphatic carbocycles. The molecule has 0 bridgehead atoms. The number of hydrogen-bond donors (Lipinski definition) is 3. The SMILES string of the molecule is CCCC1=C(C/C(N)=C/C=N)N=CCC(O)=C1. The Kier molecular flexibility index (Phi) is 5.20. The molecule has 0 saturated carbocycles. The van der Waals surface area contributed by atoms with Gasteiger partial charge in [-0.1, -0.05) is 13.3 Å². The van der Waals surface area contributed by atoms with Crippen LogP contribution in [-0.2, 0) is 0 Å². The molecule has 0 unspecified atom stereocenters. The molecule has 0 aromatic heterocycles. The summed E-state index contributed by atoms with van der Waals surface area (Å²) in [6.07, 6.45) is 9.05. The predicted octanol–water partition coefficient (Wildman–Crippen LogP) is 2.84. The third-order valence-electron chi connectivity index (χ3n) is 2.45. The van der Waals surface area contributed by atoms with Crippen molar-refractivity contribution in [3.63, 3.8) is 0 Å². The zero-order chi connectivity index (χ0) is 12.7. The molecule has 4 heteroatoms. The number of hydrogen-bond acceptors (Lipinski definition) is 4. The van der Waals surface area contributed by atoms with Crippen molar-refractivity contribution in [2.45, 2.75) is 32.6 Å². The summed E-state index contributed by atoms with van der Waals surface area (Å²) < 4.78 is 0. The fraction of sp³-hybridized carbons (Fsp3) is 0.385. The molecular weight excluding hydrogens is 214 g/mol. The molecule has 0 spiro atoms. The van der Waals surface area contributed by atoms with Gasteiger partial charge in [0.15, 0.2) is 0 Å². The zero-order valence-electron chi connectivity index (χ0n) is 10.1. The highest BCUT2D eigenvalue weighted by molar-refractivity contribution is 5.69. The molecule has 17 heavy (non-hydrogen) atoms. The Morgan fingerprint density at radius 3 is 3.06 bits per heavy atom.